The zero-order chi connectivity index (χ0) is 9.42. The van der Waals surface area contributed by atoms with Gasteiger partial charge in [-0.3, -0.25) is 0 Å². The first-order valence-corrected chi connectivity index (χ1v) is 4.00. The van der Waals surface area contributed by atoms with Gasteiger partial charge in [-0.15, -0.1) is 4.48 Å². The summed E-state index contributed by atoms with van der Waals surface area (Å²) in [7, 11) is 0. The number of fused-ring (bicyclic) bond motifs is 1. The quantitative estimate of drug-likeness (QED) is 0.446. The van der Waals surface area contributed by atoms with Crippen molar-refractivity contribution in [3.8, 4) is 0 Å². The van der Waals surface area contributed by atoms with Crippen molar-refractivity contribution in [3.05, 3.63) is 35.4 Å². The van der Waals surface area contributed by atoms with E-state index in [1.165, 1.54) is 6.07 Å². The lowest BCUT2D eigenvalue weighted by Gasteiger charge is -2.27. The van der Waals surface area contributed by atoms with Gasteiger partial charge in [0.05, 0.1) is 0 Å². The normalized spacial score (nSPS) is 28.5. The van der Waals surface area contributed by atoms with Crippen LogP contribution in [0.3, 0.4) is 0 Å². The van der Waals surface area contributed by atoms with Crippen molar-refractivity contribution < 1.29 is 13.3 Å². The van der Waals surface area contributed by atoms with Crippen molar-refractivity contribution in [1.29, 1.82) is 0 Å². The Balaban J connectivity index is 2.43. The Kier molecular flexibility index (Phi) is 2.00. The molecule has 0 saturated heterocycles. The van der Waals surface area contributed by atoms with E-state index in [0.717, 1.165) is 0 Å². The van der Waals surface area contributed by atoms with Crippen LogP contribution in [0.5, 0.6) is 0 Å². The standard InChI is InChI=1S/C9H8F3N/c10-8-5-6-3-1-2-4-7(6)9(11)13(8)12/h1-4,8-9H,5H2. The molecule has 2 atom stereocenters. The monoisotopic (exact) mass is 187 g/mol. The second kappa shape index (κ2) is 3.03. The SMILES string of the molecule is FC1Cc2ccccc2C(F)N1F. The van der Waals surface area contributed by atoms with Gasteiger partial charge in [0.1, 0.15) is 0 Å². The predicted molar refractivity (Wildman–Crippen MR) is 41.8 cm³/mol. The molecule has 2 unspecified atom stereocenters. The average molecular weight is 187 g/mol. The van der Waals surface area contributed by atoms with Gasteiger partial charge in [0.15, 0.2) is 6.30 Å². The van der Waals surface area contributed by atoms with Gasteiger partial charge in [0.2, 0.25) is 6.30 Å². The van der Waals surface area contributed by atoms with E-state index < -0.39 is 12.6 Å². The van der Waals surface area contributed by atoms with Crippen LogP contribution in [0, 0.1) is 0 Å². The van der Waals surface area contributed by atoms with Gasteiger partial charge >= 0.3 is 0 Å². The molecule has 0 spiro atoms. The van der Waals surface area contributed by atoms with Crippen LogP contribution in [0.4, 0.5) is 13.3 Å². The van der Waals surface area contributed by atoms with Gasteiger partial charge < -0.3 is 0 Å². The molecule has 1 heterocycles. The maximum atomic E-state index is 13.1. The molecule has 0 aromatic heterocycles. The number of halogens is 3. The van der Waals surface area contributed by atoms with E-state index in [0.29, 0.717) is 5.56 Å². The van der Waals surface area contributed by atoms with Crippen molar-refractivity contribution in [3.63, 3.8) is 0 Å². The molecule has 1 nitrogen and oxygen atoms in total. The summed E-state index contributed by atoms with van der Waals surface area (Å²) in [6.45, 7) is 0. The van der Waals surface area contributed by atoms with E-state index in [1.807, 2.05) is 0 Å². The molecule has 13 heavy (non-hydrogen) atoms. The lowest BCUT2D eigenvalue weighted by Crippen LogP contribution is -2.33. The Hall–Kier alpha value is -1.03. The molecule has 0 bridgehead atoms. The molecule has 0 amide bonds. The molecule has 0 saturated carbocycles. The fourth-order valence-corrected chi connectivity index (χ4v) is 1.50. The van der Waals surface area contributed by atoms with Crippen LogP contribution in [0.2, 0.25) is 0 Å². The third-order valence-electron chi connectivity index (χ3n) is 2.18. The molecule has 2 rings (SSSR count). The van der Waals surface area contributed by atoms with Crippen molar-refractivity contribution in [2.75, 3.05) is 0 Å². The van der Waals surface area contributed by atoms with Gasteiger partial charge in [-0.25, -0.2) is 8.78 Å². The highest BCUT2D eigenvalue weighted by Gasteiger charge is 2.34. The summed E-state index contributed by atoms with van der Waals surface area (Å²) in [5, 5.41) is -0.387. The number of hydrogen-bond donors (Lipinski definition) is 0. The molecule has 1 aliphatic heterocycles. The zero-order valence-corrected chi connectivity index (χ0v) is 6.75. The zero-order valence-electron chi connectivity index (χ0n) is 6.75. The summed E-state index contributed by atoms with van der Waals surface area (Å²) in [5.74, 6) is 0. The maximum Gasteiger partial charge on any atom is 0.209 e. The molecule has 1 aliphatic rings. The topological polar surface area (TPSA) is 3.24 Å². The van der Waals surface area contributed by atoms with Gasteiger partial charge in [-0.2, -0.15) is 0 Å². The Labute approximate surface area is 73.7 Å². The molecule has 0 fully saturated rings. The van der Waals surface area contributed by atoms with Crippen LogP contribution in [0.15, 0.2) is 24.3 Å². The molecular weight excluding hydrogens is 179 g/mol. The van der Waals surface area contributed by atoms with Crippen LogP contribution in [-0.2, 0) is 6.42 Å². The Morgan fingerprint density at radius 3 is 2.69 bits per heavy atom. The number of benzene rings is 1. The van der Waals surface area contributed by atoms with Gasteiger partial charge in [0, 0.05) is 12.0 Å². The summed E-state index contributed by atoms with van der Waals surface area (Å²) in [5.41, 5.74) is 0.760. The van der Waals surface area contributed by atoms with Crippen molar-refractivity contribution in [2.45, 2.75) is 19.0 Å². The van der Waals surface area contributed by atoms with Crippen LogP contribution < -0.4 is 0 Å². The van der Waals surface area contributed by atoms with Crippen molar-refractivity contribution >= 4 is 0 Å². The summed E-state index contributed by atoms with van der Waals surface area (Å²) in [4.78, 5) is 0. The molecule has 70 valence electrons. The number of nitrogens with zero attached hydrogens (tertiary/aromatic N) is 1. The number of rotatable bonds is 0. The van der Waals surface area contributed by atoms with E-state index in [1.54, 1.807) is 18.2 Å². The lowest BCUT2D eigenvalue weighted by atomic mass is 10.00. The minimum Gasteiger partial charge on any atom is -0.227 e. The van der Waals surface area contributed by atoms with E-state index in [-0.39, 0.29) is 17.1 Å². The van der Waals surface area contributed by atoms with Gasteiger partial charge in [0.25, 0.3) is 0 Å². The Morgan fingerprint density at radius 1 is 1.23 bits per heavy atom. The largest absolute Gasteiger partial charge is 0.227 e. The fourth-order valence-electron chi connectivity index (χ4n) is 1.50. The fraction of sp³-hybridized carbons (Fsp3) is 0.333. The number of hydrogen-bond acceptors (Lipinski definition) is 1. The Morgan fingerprint density at radius 2 is 1.92 bits per heavy atom. The first kappa shape index (κ1) is 8.56. The molecule has 1 aromatic rings. The molecule has 0 radical (unpaired) electrons. The summed E-state index contributed by atoms with van der Waals surface area (Å²) in [6, 6.07) is 6.38. The summed E-state index contributed by atoms with van der Waals surface area (Å²) < 4.78 is 38.7. The van der Waals surface area contributed by atoms with Crippen molar-refractivity contribution in [1.82, 2.24) is 5.12 Å². The van der Waals surface area contributed by atoms with Gasteiger partial charge in [-0.1, -0.05) is 29.4 Å². The van der Waals surface area contributed by atoms with Crippen LogP contribution in [-0.4, -0.2) is 11.4 Å². The maximum absolute atomic E-state index is 13.1. The summed E-state index contributed by atoms with van der Waals surface area (Å²) in [6.07, 6.45) is -3.93. The Bertz CT molecular complexity index is 315. The van der Waals surface area contributed by atoms with E-state index in [9.17, 15) is 13.3 Å². The highest BCUT2D eigenvalue weighted by Crippen LogP contribution is 2.34. The van der Waals surface area contributed by atoms with Crippen LogP contribution in [0.25, 0.3) is 0 Å². The third kappa shape index (κ3) is 1.31. The minimum absolute atomic E-state index is 0.0902. The van der Waals surface area contributed by atoms with E-state index >= 15 is 0 Å². The average Bonchev–Trinajstić information content (AvgIpc) is 2.15. The van der Waals surface area contributed by atoms with Gasteiger partial charge in [-0.05, 0) is 5.56 Å². The van der Waals surface area contributed by atoms with E-state index in [4.69, 9.17) is 0 Å². The molecule has 0 N–H and O–H groups in total. The van der Waals surface area contributed by atoms with Crippen LogP contribution >= 0.6 is 0 Å². The molecule has 1 aromatic carbocycles. The second-order valence-corrected chi connectivity index (χ2v) is 3.02. The third-order valence-corrected chi connectivity index (χ3v) is 2.18. The molecular formula is C9H8F3N. The number of alkyl halides is 2. The minimum atomic E-state index is -1.97. The first-order chi connectivity index (χ1) is 6.20. The van der Waals surface area contributed by atoms with Crippen molar-refractivity contribution in [2.24, 2.45) is 0 Å². The molecule has 0 aliphatic carbocycles. The summed E-state index contributed by atoms with van der Waals surface area (Å²) >= 11 is 0. The highest BCUT2D eigenvalue weighted by molar-refractivity contribution is 5.31. The van der Waals surface area contributed by atoms with E-state index in [2.05, 4.69) is 0 Å². The first-order valence-electron chi connectivity index (χ1n) is 4.00. The molecule has 4 heteroatoms. The lowest BCUT2D eigenvalue weighted by molar-refractivity contribution is -0.165. The van der Waals surface area contributed by atoms with Crippen LogP contribution in [0.1, 0.15) is 17.4 Å². The predicted octanol–water partition coefficient (Wildman–Crippen LogP) is 2.69. The second-order valence-electron chi connectivity index (χ2n) is 3.02. The smallest absolute Gasteiger partial charge is 0.209 e. The highest BCUT2D eigenvalue weighted by atomic mass is 19.2.